The molecule has 0 unspecified atom stereocenters. The second-order valence-electron chi connectivity index (χ2n) is 3.72. The zero-order valence-electron chi connectivity index (χ0n) is 9.64. The fourth-order valence-electron chi connectivity index (χ4n) is 1.52. The van der Waals surface area contributed by atoms with Crippen LogP contribution in [0.15, 0.2) is 41.0 Å². The zero-order valence-corrected chi connectivity index (χ0v) is 11.2. The van der Waals surface area contributed by atoms with Crippen LogP contribution in [0.1, 0.15) is 5.69 Å². The number of anilines is 1. The molecule has 0 aliphatic carbocycles. The van der Waals surface area contributed by atoms with Gasteiger partial charge in [0.05, 0.1) is 21.6 Å². The number of halogens is 2. The number of aromatic nitrogens is 1. The van der Waals surface area contributed by atoms with Gasteiger partial charge in [0.1, 0.15) is 11.5 Å². The van der Waals surface area contributed by atoms with Crippen molar-refractivity contribution in [3.05, 3.63) is 62.6 Å². The summed E-state index contributed by atoms with van der Waals surface area (Å²) >= 11 is 2.92. The second-order valence-corrected chi connectivity index (χ2v) is 4.57. The van der Waals surface area contributed by atoms with Gasteiger partial charge >= 0.3 is 0 Å². The summed E-state index contributed by atoms with van der Waals surface area (Å²) in [5.41, 5.74) is 0.640. The molecule has 7 heteroatoms. The van der Waals surface area contributed by atoms with E-state index in [1.165, 1.54) is 0 Å². The summed E-state index contributed by atoms with van der Waals surface area (Å²) in [4.78, 5) is 14.4. The van der Waals surface area contributed by atoms with Crippen molar-refractivity contribution in [2.24, 2.45) is 0 Å². The van der Waals surface area contributed by atoms with Crippen LogP contribution >= 0.6 is 15.9 Å². The molecule has 0 radical (unpaired) electrons. The summed E-state index contributed by atoms with van der Waals surface area (Å²) in [6.45, 7) is 0.281. The molecule has 2 rings (SSSR count). The molecule has 1 heterocycles. The number of rotatable bonds is 4. The van der Waals surface area contributed by atoms with Crippen LogP contribution in [0.5, 0.6) is 0 Å². The van der Waals surface area contributed by atoms with Crippen LogP contribution in [0.25, 0.3) is 0 Å². The molecule has 0 aliphatic rings. The highest BCUT2D eigenvalue weighted by Crippen LogP contribution is 2.30. The topological polar surface area (TPSA) is 68.1 Å². The van der Waals surface area contributed by atoms with E-state index in [0.717, 1.165) is 12.1 Å². The molecular weight excluding hydrogens is 317 g/mol. The predicted octanol–water partition coefficient (Wildman–Crippen LogP) is 3.50. The molecule has 98 valence electrons. The average molecular weight is 326 g/mol. The van der Waals surface area contributed by atoms with E-state index in [0.29, 0.717) is 5.69 Å². The molecule has 0 atom stereocenters. The Morgan fingerprint density at radius 1 is 1.42 bits per heavy atom. The molecule has 1 N–H and O–H groups in total. The fraction of sp³-hybridized carbons (Fsp3) is 0.0833. The third kappa shape index (κ3) is 3.25. The minimum atomic E-state index is -0.565. The monoisotopic (exact) mass is 325 g/mol. The maximum atomic E-state index is 13.4. The first-order valence-electron chi connectivity index (χ1n) is 5.35. The Hall–Kier alpha value is -2.02. The Morgan fingerprint density at radius 3 is 2.84 bits per heavy atom. The maximum Gasteiger partial charge on any atom is 0.293 e. The van der Waals surface area contributed by atoms with Crippen LogP contribution in [0.2, 0.25) is 0 Å². The third-order valence-electron chi connectivity index (χ3n) is 2.42. The molecule has 0 aliphatic heterocycles. The van der Waals surface area contributed by atoms with Gasteiger partial charge in [-0.25, -0.2) is 4.39 Å². The van der Waals surface area contributed by atoms with Gasteiger partial charge in [-0.2, -0.15) is 0 Å². The summed E-state index contributed by atoms with van der Waals surface area (Å²) in [6, 6.07) is 7.57. The highest BCUT2D eigenvalue weighted by Gasteiger charge is 2.17. The van der Waals surface area contributed by atoms with E-state index in [9.17, 15) is 14.5 Å². The number of nitro groups is 1. The lowest BCUT2D eigenvalue weighted by Gasteiger charge is -2.07. The number of hydrogen-bond acceptors (Lipinski definition) is 4. The van der Waals surface area contributed by atoms with E-state index in [4.69, 9.17) is 0 Å². The Morgan fingerprint density at radius 2 is 2.21 bits per heavy atom. The quantitative estimate of drug-likeness (QED) is 0.690. The van der Waals surface area contributed by atoms with Gasteiger partial charge in [0.2, 0.25) is 0 Å². The van der Waals surface area contributed by atoms with Gasteiger partial charge in [-0.15, -0.1) is 0 Å². The van der Waals surface area contributed by atoms with Gasteiger partial charge in [0.15, 0.2) is 0 Å². The van der Waals surface area contributed by atoms with Crippen molar-refractivity contribution in [3.63, 3.8) is 0 Å². The predicted molar refractivity (Wildman–Crippen MR) is 72.3 cm³/mol. The van der Waals surface area contributed by atoms with Gasteiger partial charge < -0.3 is 5.32 Å². The minimum absolute atomic E-state index is 0.0580. The maximum absolute atomic E-state index is 13.4. The first-order valence-corrected chi connectivity index (χ1v) is 6.14. The van der Waals surface area contributed by atoms with Gasteiger partial charge in [0.25, 0.3) is 5.69 Å². The first-order chi connectivity index (χ1) is 9.08. The van der Waals surface area contributed by atoms with Crippen molar-refractivity contribution in [3.8, 4) is 0 Å². The summed E-state index contributed by atoms with van der Waals surface area (Å²) in [7, 11) is 0. The zero-order chi connectivity index (χ0) is 13.8. The van der Waals surface area contributed by atoms with E-state index in [-0.39, 0.29) is 22.4 Å². The van der Waals surface area contributed by atoms with Crippen molar-refractivity contribution in [1.29, 1.82) is 0 Å². The number of nitrogens with one attached hydrogen (secondary N) is 1. The molecule has 0 spiro atoms. The largest absolute Gasteiger partial charge is 0.374 e. The number of pyridine rings is 1. The van der Waals surface area contributed by atoms with Crippen molar-refractivity contribution < 1.29 is 9.31 Å². The van der Waals surface area contributed by atoms with E-state index in [1.807, 2.05) is 0 Å². The van der Waals surface area contributed by atoms with E-state index in [2.05, 4.69) is 26.2 Å². The Balaban J connectivity index is 2.24. The molecule has 19 heavy (non-hydrogen) atoms. The molecule has 0 saturated carbocycles. The summed E-state index contributed by atoms with van der Waals surface area (Å²) in [6.07, 6.45) is 1.62. The lowest BCUT2D eigenvalue weighted by atomic mass is 10.2. The van der Waals surface area contributed by atoms with E-state index in [1.54, 1.807) is 24.4 Å². The van der Waals surface area contributed by atoms with Crippen LogP contribution < -0.4 is 5.32 Å². The standard InChI is InChI=1S/C12H9BrFN3O2/c13-9-5-12(17(18)19)11(6-10(9)14)16-7-8-3-1-2-4-15-8/h1-6,16H,7H2. The summed E-state index contributed by atoms with van der Waals surface area (Å²) < 4.78 is 13.5. The van der Waals surface area contributed by atoms with Crippen molar-refractivity contribution in [2.75, 3.05) is 5.32 Å². The molecule has 1 aromatic heterocycles. The van der Waals surface area contributed by atoms with Gasteiger partial charge in [-0.05, 0) is 28.1 Å². The first kappa shape index (κ1) is 13.4. The molecule has 0 saturated heterocycles. The lowest BCUT2D eigenvalue weighted by Crippen LogP contribution is -2.04. The Kier molecular flexibility index (Phi) is 4.06. The van der Waals surface area contributed by atoms with Gasteiger partial charge in [0, 0.05) is 18.3 Å². The van der Waals surface area contributed by atoms with E-state index < -0.39 is 10.7 Å². The molecule has 0 bridgehead atoms. The van der Waals surface area contributed by atoms with E-state index >= 15 is 0 Å². The summed E-state index contributed by atoms with van der Waals surface area (Å²) in [5.74, 6) is -0.561. The average Bonchev–Trinajstić information content (AvgIpc) is 2.40. The second kappa shape index (κ2) is 5.75. The highest BCUT2D eigenvalue weighted by atomic mass is 79.9. The number of hydrogen-bond donors (Lipinski definition) is 1. The van der Waals surface area contributed by atoms with Crippen LogP contribution in [-0.4, -0.2) is 9.91 Å². The molecule has 5 nitrogen and oxygen atoms in total. The van der Waals surface area contributed by atoms with Gasteiger partial charge in [-0.1, -0.05) is 6.07 Å². The third-order valence-corrected chi connectivity index (χ3v) is 3.03. The minimum Gasteiger partial charge on any atom is -0.374 e. The number of nitro benzene ring substituents is 1. The number of nitrogens with zero attached hydrogens (tertiary/aromatic N) is 2. The molecule has 2 aromatic rings. The van der Waals surface area contributed by atoms with Crippen molar-refractivity contribution in [2.45, 2.75) is 6.54 Å². The molecular formula is C12H9BrFN3O2. The smallest absolute Gasteiger partial charge is 0.293 e. The molecule has 0 fully saturated rings. The van der Waals surface area contributed by atoms with Crippen molar-refractivity contribution in [1.82, 2.24) is 4.98 Å². The van der Waals surface area contributed by atoms with Crippen LogP contribution in [0.3, 0.4) is 0 Å². The normalized spacial score (nSPS) is 10.2. The SMILES string of the molecule is O=[N+]([O-])c1cc(Br)c(F)cc1NCc1ccccn1. The molecule has 0 amide bonds. The highest BCUT2D eigenvalue weighted by molar-refractivity contribution is 9.10. The Bertz CT molecular complexity index is 607. The number of benzene rings is 1. The fourth-order valence-corrected chi connectivity index (χ4v) is 1.85. The van der Waals surface area contributed by atoms with Crippen molar-refractivity contribution >= 4 is 27.3 Å². The Labute approximate surface area is 116 Å². The van der Waals surface area contributed by atoms with Crippen LogP contribution in [0, 0.1) is 15.9 Å². The lowest BCUT2D eigenvalue weighted by molar-refractivity contribution is -0.384. The van der Waals surface area contributed by atoms with Crippen LogP contribution in [-0.2, 0) is 6.54 Å². The van der Waals surface area contributed by atoms with Crippen LogP contribution in [0.4, 0.5) is 15.8 Å². The molecule has 1 aromatic carbocycles. The van der Waals surface area contributed by atoms with Gasteiger partial charge in [-0.3, -0.25) is 15.1 Å². The summed E-state index contributed by atoms with van der Waals surface area (Å²) in [5, 5.41) is 13.7.